The van der Waals surface area contributed by atoms with Crippen molar-refractivity contribution in [3.05, 3.63) is 28.8 Å². The maximum atomic E-state index is 12.2. The van der Waals surface area contributed by atoms with E-state index in [9.17, 15) is 8.42 Å². The van der Waals surface area contributed by atoms with Gasteiger partial charge in [-0.2, -0.15) is 0 Å². The number of rotatable bonds is 5. The lowest BCUT2D eigenvalue weighted by Crippen LogP contribution is -2.34. The summed E-state index contributed by atoms with van der Waals surface area (Å²) < 4.78 is 27.1. The third-order valence-corrected chi connectivity index (χ3v) is 6.64. The predicted molar refractivity (Wildman–Crippen MR) is 86.3 cm³/mol. The number of alkyl halides is 1. The molecule has 1 aromatic rings. The molecule has 3 nitrogen and oxygen atoms in total. The molecular formula is C13H17Cl2NO2S2. The summed E-state index contributed by atoms with van der Waals surface area (Å²) in [6, 6.07) is 5.43. The third-order valence-electron chi connectivity index (χ3n) is 3.10. The molecule has 0 aliphatic carbocycles. The Labute approximate surface area is 134 Å². The van der Waals surface area contributed by atoms with Crippen LogP contribution in [0.2, 0.25) is 5.02 Å². The van der Waals surface area contributed by atoms with Gasteiger partial charge in [-0.25, -0.2) is 13.1 Å². The molecule has 0 bridgehead atoms. The second-order valence-corrected chi connectivity index (χ2v) is 8.71. The minimum Gasteiger partial charge on any atom is -0.212 e. The van der Waals surface area contributed by atoms with E-state index in [2.05, 4.69) is 4.72 Å². The molecule has 1 heterocycles. The maximum Gasteiger partial charge on any atom is 0.212 e. The first-order valence-electron chi connectivity index (χ1n) is 6.39. The van der Waals surface area contributed by atoms with Gasteiger partial charge in [-0.15, -0.1) is 23.4 Å². The molecule has 0 fully saturated rings. The Morgan fingerprint density at radius 3 is 2.95 bits per heavy atom. The van der Waals surface area contributed by atoms with Crippen LogP contribution in [0.25, 0.3) is 0 Å². The second-order valence-electron chi connectivity index (χ2n) is 5.03. The van der Waals surface area contributed by atoms with Crippen molar-refractivity contribution in [3.63, 3.8) is 0 Å². The first-order valence-corrected chi connectivity index (χ1v) is 9.94. The quantitative estimate of drug-likeness (QED) is 0.821. The van der Waals surface area contributed by atoms with Gasteiger partial charge in [0, 0.05) is 21.8 Å². The zero-order valence-electron chi connectivity index (χ0n) is 11.1. The molecule has 0 aromatic heterocycles. The van der Waals surface area contributed by atoms with Gasteiger partial charge < -0.3 is 0 Å². The molecule has 1 N–H and O–H groups in total. The van der Waals surface area contributed by atoms with Crippen molar-refractivity contribution in [1.29, 1.82) is 0 Å². The van der Waals surface area contributed by atoms with Crippen molar-refractivity contribution in [2.45, 2.75) is 24.3 Å². The standard InChI is InChI=1S/C13H17Cl2NO2S2/c1-9(7-14)8-20(17,18)16-12-4-5-19-13-3-2-10(15)6-11(12)13/h2-3,6,9,12,16H,4-5,7-8H2,1H3. The largest absolute Gasteiger partial charge is 0.212 e. The minimum atomic E-state index is -3.33. The van der Waals surface area contributed by atoms with Crippen LogP contribution in [0.1, 0.15) is 24.9 Å². The van der Waals surface area contributed by atoms with Crippen LogP contribution in [-0.4, -0.2) is 25.8 Å². The van der Waals surface area contributed by atoms with Crippen LogP contribution in [0.5, 0.6) is 0 Å². The number of hydrogen-bond donors (Lipinski definition) is 1. The fourth-order valence-corrected chi connectivity index (χ4v) is 5.34. The maximum absolute atomic E-state index is 12.2. The second kappa shape index (κ2) is 6.88. The number of halogens is 2. The van der Waals surface area contributed by atoms with Crippen LogP contribution in [-0.2, 0) is 10.0 Å². The van der Waals surface area contributed by atoms with E-state index in [1.165, 1.54) is 0 Å². The molecule has 0 amide bonds. The summed E-state index contributed by atoms with van der Waals surface area (Å²) >= 11 is 13.4. The summed E-state index contributed by atoms with van der Waals surface area (Å²) in [5.74, 6) is 1.22. The van der Waals surface area contributed by atoms with Crippen molar-refractivity contribution in [2.75, 3.05) is 17.4 Å². The van der Waals surface area contributed by atoms with E-state index in [1.54, 1.807) is 11.8 Å². The third kappa shape index (κ3) is 4.28. The molecule has 112 valence electrons. The van der Waals surface area contributed by atoms with Crippen molar-refractivity contribution < 1.29 is 8.42 Å². The number of sulfonamides is 1. The highest BCUT2D eigenvalue weighted by Crippen LogP contribution is 2.37. The first-order chi connectivity index (χ1) is 9.41. The van der Waals surface area contributed by atoms with Crippen molar-refractivity contribution >= 4 is 45.0 Å². The lowest BCUT2D eigenvalue weighted by Gasteiger charge is -2.26. The molecular weight excluding hydrogens is 337 g/mol. The monoisotopic (exact) mass is 353 g/mol. The molecule has 1 aliphatic rings. The summed E-state index contributed by atoms with van der Waals surface area (Å²) in [6.45, 7) is 1.83. The van der Waals surface area contributed by atoms with E-state index in [1.807, 2.05) is 25.1 Å². The van der Waals surface area contributed by atoms with E-state index >= 15 is 0 Å². The molecule has 0 saturated carbocycles. The minimum absolute atomic E-state index is 0.0516. The van der Waals surface area contributed by atoms with Crippen LogP contribution in [0.3, 0.4) is 0 Å². The Balaban J connectivity index is 2.18. The van der Waals surface area contributed by atoms with Crippen molar-refractivity contribution in [3.8, 4) is 0 Å². The number of nitrogens with one attached hydrogen (secondary N) is 1. The van der Waals surface area contributed by atoms with E-state index in [0.717, 1.165) is 22.6 Å². The zero-order valence-corrected chi connectivity index (χ0v) is 14.2. The Bertz CT molecular complexity index is 578. The highest BCUT2D eigenvalue weighted by molar-refractivity contribution is 7.99. The number of benzene rings is 1. The Morgan fingerprint density at radius 2 is 2.25 bits per heavy atom. The Hall–Kier alpha value is 0.0600. The van der Waals surface area contributed by atoms with Gasteiger partial charge in [-0.1, -0.05) is 18.5 Å². The van der Waals surface area contributed by atoms with Gasteiger partial charge in [0.25, 0.3) is 0 Å². The number of fused-ring (bicyclic) bond motifs is 1. The Kier molecular flexibility index (Phi) is 5.65. The van der Waals surface area contributed by atoms with Crippen LogP contribution in [0.4, 0.5) is 0 Å². The van der Waals surface area contributed by atoms with Gasteiger partial charge in [0.15, 0.2) is 0 Å². The SMILES string of the molecule is CC(CCl)CS(=O)(=O)NC1CCSc2ccc(Cl)cc21. The average molecular weight is 354 g/mol. The van der Waals surface area contributed by atoms with E-state index in [4.69, 9.17) is 23.2 Å². The fraction of sp³-hybridized carbons (Fsp3) is 0.538. The molecule has 1 aliphatic heterocycles. The van der Waals surface area contributed by atoms with Crippen LogP contribution in [0, 0.1) is 5.92 Å². The van der Waals surface area contributed by atoms with Gasteiger partial charge in [0.2, 0.25) is 10.0 Å². The summed E-state index contributed by atoms with van der Waals surface area (Å²) in [5, 5.41) is 0.629. The summed E-state index contributed by atoms with van der Waals surface area (Å²) in [6.07, 6.45) is 0.770. The lowest BCUT2D eigenvalue weighted by molar-refractivity contribution is 0.537. The smallest absolute Gasteiger partial charge is 0.212 e. The molecule has 1 aromatic carbocycles. The number of hydrogen-bond acceptors (Lipinski definition) is 3. The summed E-state index contributed by atoms with van der Waals surface area (Å²) in [5.41, 5.74) is 0.968. The Morgan fingerprint density at radius 1 is 1.50 bits per heavy atom. The predicted octanol–water partition coefficient (Wildman–Crippen LogP) is 3.67. The normalized spacial score (nSPS) is 20.4. The van der Waals surface area contributed by atoms with Crippen molar-refractivity contribution in [2.24, 2.45) is 5.92 Å². The van der Waals surface area contributed by atoms with Crippen LogP contribution < -0.4 is 4.72 Å². The zero-order chi connectivity index (χ0) is 14.8. The molecule has 0 radical (unpaired) electrons. The van der Waals surface area contributed by atoms with Gasteiger partial charge in [-0.3, -0.25) is 0 Å². The molecule has 2 atom stereocenters. The lowest BCUT2D eigenvalue weighted by atomic mass is 10.1. The molecule has 20 heavy (non-hydrogen) atoms. The van der Waals surface area contributed by atoms with E-state index in [0.29, 0.717) is 10.9 Å². The van der Waals surface area contributed by atoms with Crippen LogP contribution >= 0.6 is 35.0 Å². The molecule has 0 spiro atoms. The topological polar surface area (TPSA) is 46.2 Å². The highest BCUT2D eigenvalue weighted by Gasteiger charge is 2.26. The first kappa shape index (κ1) is 16.4. The van der Waals surface area contributed by atoms with E-state index < -0.39 is 10.0 Å². The average Bonchev–Trinajstić information content (AvgIpc) is 2.38. The van der Waals surface area contributed by atoms with Crippen molar-refractivity contribution in [1.82, 2.24) is 4.72 Å². The highest BCUT2D eigenvalue weighted by atomic mass is 35.5. The number of thioether (sulfide) groups is 1. The van der Waals surface area contributed by atoms with Gasteiger partial charge in [0.05, 0.1) is 5.75 Å². The van der Waals surface area contributed by atoms with Gasteiger partial charge in [-0.05, 0) is 41.9 Å². The fourth-order valence-electron chi connectivity index (χ4n) is 2.17. The molecule has 7 heteroatoms. The van der Waals surface area contributed by atoms with E-state index in [-0.39, 0.29) is 17.7 Å². The molecule has 2 unspecified atom stereocenters. The molecule has 0 saturated heterocycles. The van der Waals surface area contributed by atoms with Crippen LogP contribution in [0.15, 0.2) is 23.1 Å². The van der Waals surface area contributed by atoms with Gasteiger partial charge in [0.1, 0.15) is 0 Å². The summed E-state index contributed by atoms with van der Waals surface area (Å²) in [4.78, 5) is 1.10. The summed E-state index contributed by atoms with van der Waals surface area (Å²) in [7, 11) is -3.33. The van der Waals surface area contributed by atoms with Gasteiger partial charge >= 0.3 is 0 Å². The molecule has 2 rings (SSSR count).